The molecular weight excluding hydrogens is 632 g/mol. The number of para-hydroxylation sites is 1. The summed E-state index contributed by atoms with van der Waals surface area (Å²) in [5.41, 5.74) is -1.09. The molecule has 3 fully saturated rings. The maximum Gasteiger partial charge on any atom is 0.333 e. The highest BCUT2D eigenvalue weighted by molar-refractivity contribution is 7.22. The molecule has 2 aliphatic carbocycles. The van der Waals surface area contributed by atoms with Crippen molar-refractivity contribution in [3.05, 3.63) is 68.7 Å². The largest absolute Gasteiger partial charge is 0.496 e. The first-order valence-electron chi connectivity index (χ1n) is 17.0. The highest BCUT2D eigenvalue weighted by Gasteiger charge is 2.43. The summed E-state index contributed by atoms with van der Waals surface area (Å²) in [7, 11) is 1.61. The number of aliphatic hydroxyl groups excluding tert-OH is 1. The molecule has 1 amide bonds. The van der Waals surface area contributed by atoms with Crippen LogP contribution in [0.25, 0.3) is 21.0 Å². The maximum atomic E-state index is 14.8. The predicted octanol–water partition coefficient (Wildman–Crippen LogP) is 5.25. The summed E-state index contributed by atoms with van der Waals surface area (Å²) in [5, 5.41) is 10.6. The van der Waals surface area contributed by atoms with E-state index in [2.05, 4.69) is 4.98 Å². The van der Waals surface area contributed by atoms with Crippen molar-refractivity contribution >= 4 is 27.5 Å². The number of rotatable bonds is 9. The van der Waals surface area contributed by atoms with Crippen LogP contribution >= 0.6 is 11.3 Å². The molecule has 256 valence electrons. The summed E-state index contributed by atoms with van der Waals surface area (Å²) in [4.78, 5) is 50.6. The van der Waals surface area contributed by atoms with Crippen LogP contribution in [0.5, 0.6) is 5.75 Å². The minimum atomic E-state index is -1.44. The molecule has 4 aromatic rings. The maximum absolute atomic E-state index is 14.8. The van der Waals surface area contributed by atoms with E-state index in [0.717, 1.165) is 55.1 Å². The molecule has 1 aliphatic heterocycles. The summed E-state index contributed by atoms with van der Waals surface area (Å²) < 4.78 is 21.1. The van der Waals surface area contributed by atoms with Crippen LogP contribution in [0.3, 0.4) is 0 Å². The van der Waals surface area contributed by atoms with Gasteiger partial charge in [0.15, 0.2) is 0 Å². The second-order valence-corrected chi connectivity index (χ2v) is 15.1. The number of fused-ring (bicyclic) bond motifs is 2. The van der Waals surface area contributed by atoms with E-state index in [1.165, 1.54) is 17.6 Å². The number of carbonyl (C=O) groups excluding carboxylic acids is 1. The average Bonchev–Trinajstić information content (AvgIpc) is 3.87. The molecule has 48 heavy (non-hydrogen) atoms. The molecule has 12 heteroatoms. The van der Waals surface area contributed by atoms with E-state index in [9.17, 15) is 19.5 Å². The van der Waals surface area contributed by atoms with E-state index in [4.69, 9.17) is 13.9 Å². The van der Waals surface area contributed by atoms with Gasteiger partial charge >= 0.3 is 5.69 Å². The summed E-state index contributed by atoms with van der Waals surface area (Å²) in [5.74, 6) is 1.57. The van der Waals surface area contributed by atoms with Crippen molar-refractivity contribution in [3.63, 3.8) is 0 Å². The minimum Gasteiger partial charge on any atom is -0.496 e. The van der Waals surface area contributed by atoms with Gasteiger partial charge < -0.3 is 23.9 Å². The van der Waals surface area contributed by atoms with Gasteiger partial charge in [-0.3, -0.25) is 14.2 Å². The van der Waals surface area contributed by atoms with E-state index < -0.39 is 22.9 Å². The monoisotopic (exact) mass is 676 g/mol. The lowest BCUT2D eigenvalue weighted by molar-refractivity contribution is -0.140. The number of carbonyl (C=O) groups is 1. The number of methoxy groups -OCH3 is 1. The molecule has 0 radical (unpaired) electrons. The van der Waals surface area contributed by atoms with Crippen molar-refractivity contribution in [2.75, 3.05) is 20.2 Å². The van der Waals surface area contributed by atoms with Gasteiger partial charge in [0.2, 0.25) is 11.8 Å². The van der Waals surface area contributed by atoms with Crippen LogP contribution in [0.2, 0.25) is 0 Å². The van der Waals surface area contributed by atoms with E-state index >= 15 is 0 Å². The third kappa shape index (κ3) is 5.71. The molecule has 0 spiro atoms. The van der Waals surface area contributed by atoms with Gasteiger partial charge in [0.05, 0.1) is 42.3 Å². The number of benzene rings is 1. The Labute approximate surface area is 283 Å². The SMILES string of the molecule is COc1ccccc1C(Cn1c(=O)n(C(C)(C)C(=O)N2CCCCC2)c(=O)c2c(C)c(-c3ncco3)sc21)O[C@H]1CC2C[C@@H](O)C[C@H]2C1. The fourth-order valence-electron chi connectivity index (χ4n) is 8.30. The van der Waals surface area contributed by atoms with Crippen molar-refractivity contribution in [2.45, 2.75) is 96.1 Å². The van der Waals surface area contributed by atoms with Gasteiger partial charge in [-0.1, -0.05) is 18.2 Å². The standard InChI is InChI=1S/C36H44N4O7S/c1-21-29-32(42)40(36(2,3)34(43)38-13-8-5-9-14-38)35(44)39(33(29)48-30(21)31-37-12-15-46-31)20-28(26-10-6-7-11-27(26)45-4)47-25-18-22-16-24(41)17-23(22)19-25/h6-7,10-12,15,22-25,28,41H,5,8-9,13-14,16-20H2,1-4H3/t22-,23?,24-,25+,28?/m0/s1. The van der Waals surface area contributed by atoms with Crippen LogP contribution in [0.15, 0.2) is 50.7 Å². The highest BCUT2D eigenvalue weighted by Crippen LogP contribution is 2.47. The number of amides is 1. The van der Waals surface area contributed by atoms with Crippen molar-refractivity contribution in [3.8, 4) is 16.5 Å². The average molecular weight is 677 g/mol. The second kappa shape index (κ2) is 12.9. The molecule has 7 rings (SSSR count). The summed E-state index contributed by atoms with van der Waals surface area (Å²) in [6.07, 6.45) is 8.18. The molecule has 5 atom stereocenters. The number of piperidine rings is 1. The van der Waals surface area contributed by atoms with E-state index in [1.54, 1.807) is 36.6 Å². The van der Waals surface area contributed by atoms with Crippen molar-refractivity contribution in [2.24, 2.45) is 11.8 Å². The van der Waals surface area contributed by atoms with Gasteiger partial charge in [-0.05, 0) is 89.2 Å². The molecule has 3 aliphatic rings. The van der Waals surface area contributed by atoms with E-state index in [0.29, 0.717) is 57.2 Å². The zero-order valence-corrected chi connectivity index (χ0v) is 28.8. The van der Waals surface area contributed by atoms with Gasteiger partial charge in [-0.15, -0.1) is 11.3 Å². The molecule has 1 N–H and O–H groups in total. The Bertz CT molecular complexity index is 1910. The topological polar surface area (TPSA) is 129 Å². The molecule has 0 bridgehead atoms. The lowest BCUT2D eigenvalue weighted by atomic mass is 10.00. The first-order valence-corrected chi connectivity index (χ1v) is 17.8. The lowest BCUT2D eigenvalue weighted by Gasteiger charge is -2.35. The highest BCUT2D eigenvalue weighted by atomic mass is 32.1. The number of ether oxygens (including phenoxy) is 2. The zero-order valence-electron chi connectivity index (χ0n) is 28.0. The van der Waals surface area contributed by atoms with Gasteiger partial charge in [-0.2, -0.15) is 0 Å². The number of aliphatic hydroxyl groups is 1. The molecule has 1 saturated heterocycles. The summed E-state index contributed by atoms with van der Waals surface area (Å²) in [6.45, 7) is 6.45. The van der Waals surface area contributed by atoms with Crippen LogP contribution < -0.4 is 16.0 Å². The Kier molecular flexibility index (Phi) is 8.84. The molecule has 3 aromatic heterocycles. The Morgan fingerprint density at radius 2 is 1.81 bits per heavy atom. The van der Waals surface area contributed by atoms with Crippen LogP contribution in [0, 0.1) is 18.8 Å². The molecular formula is C36H44N4O7S. The normalized spacial score (nSPS) is 23.5. The quantitative estimate of drug-likeness (QED) is 0.255. The minimum absolute atomic E-state index is 0.0652. The van der Waals surface area contributed by atoms with Gasteiger partial charge in [0.1, 0.15) is 28.5 Å². The number of hydrogen-bond donors (Lipinski definition) is 1. The number of likely N-dealkylation sites (tertiary alicyclic amines) is 1. The van der Waals surface area contributed by atoms with Crippen LogP contribution in [-0.2, 0) is 21.6 Å². The zero-order chi connectivity index (χ0) is 33.7. The van der Waals surface area contributed by atoms with Gasteiger partial charge in [-0.25, -0.2) is 14.3 Å². The van der Waals surface area contributed by atoms with Gasteiger partial charge in [0.25, 0.3) is 5.56 Å². The first-order chi connectivity index (χ1) is 23.1. The van der Waals surface area contributed by atoms with Gasteiger partial charge in [0, 0.05) is 18.7 Å². The predicted molar refractivity (Wildman–Crippen MR) is 182 cm³/mol. The first kappa shape index (κ1) is 32.8. The van der Waals surface area contributed by atoms with Crippen molar-refractivity contribution < 1.29 is 23.8 Å². The smallest absolute Gasteiger partial charge is 0.333 e. The number of aromatic nitrogens is 3. The second-order valence-electron chi connectivity index (χ2n) is 14.1. The van der Waals surface area contributed by atoms with Crippen LogP contribution in [-0.4, -0.2) is 62.4 Å². The number of aryl methyl sites for hydroxylation is 1. The molecule has 11 nitrogen and oxygen atoms in total. The van der Waals surface area contributed by atoms with E-state index in [-0.39, 0.29) is 24.7 Å². The number of hydrogen-bond acceptors (Lipinski definition) is 9. The van der Waals surface area contributed by atoms with Crippen LogP contribution in [0.4, 0.5) is 0 Å². The fourth-order valence-corrected chi connectivity index (χ4v) is 9.55. The number of thiophene rings is 1. The fraction of sp³-hybridized carbons (Fsp3) is 0.556. The van der Waals surface area contributed by atoms with E-state index in [1.807, 2.05) is 31.2 Å². The van der Waals surface area contributed by atoms with Crippen molar-refractivity contribution in [1.82, 2.24) is 19.0 Å². The number of oxazole rings is 1. The Balaban J connectivity index is 1.38. The Morgan fingerprint density at radius 3 is 2.48 bits per heavy atom. The molecule has 1 aromatic carbocycles. The summed E-state index contributed by atoms with van der Waals surface area (Å²) >= 11 is 1.28. The molecule has 4 heterocycles. The molecule has 2 unspecified atom stereocenters. The molecule has 2 saturated carbocycles. The lowest BCUT2D eigenvalue weighted by Crippen LogP contribution is -2.57. The Morgan fingerprint density at radius 1 is 1.10 bits per heavy atom. The summed E-state index contributed by atoms with van der Waals surface area (Å²) in [6, 6.07) is 7.64. The number of nitrogens with zero attached hydrogens (tertiary/aromatic N) is 4. The third-order valence-electron chi connectivity index (χ3n) is 10.7. The van der Waals surface area contributed by atoms with Crippen molar-refractivity contribution in [1.29, 1.82) is 0 Å². The third-order valence-corrected chi connectivity index (χ3v) is 12.0. The van der Waals surface area contributed by atoms with Crippen LogP contribution in [0.1, 0.15) is 76.0 Å². The Hall–Kier alpha value is -3.74.